The van der Waals surface area contributed by atoms with Gasteiger partial charge in [-0.1, -0.05) is 0 Å². The van der Waals surface area contributed by atoms with Crippen LogP contribution in [0.1, 0.15) is 24.4 Å². The van der Waals surface area contributed by atoms with Crippen LogP contribution in [0.3, 0.4) is 0 Å². The third-order valence-corrected chi connectivity index (χ3v) is 4.29. The Bertz CT molecular complexity index is 874. The molecule has 0 atom stereocenters. The molecule has 3 aromatic rings. The molecule has 1 aliphatic carbocycles. The summed E-state index contributed by atoms with van der Waals surface area (Å²) in [7, 11) is 0. The average molecular weight is 327 g/mol. The van der Waals surface area contributed by atoms with Gasteiger partial charge in [0.05, 0.1) is 6.33 Å². The van der Waals surface area contributed by atoms with Gasteiger partial charge in [0, 0.05) is 24.4 Å². The highest BCUT2D eigenvalue weighted by molar-refractivity contribution is 5.66. The predicted octanol–water partition coefficient (Wildman–Crippen LogP) is 1.86. The minimum Gasteiger partial charge on any atom is -0.480 e. The number of rotatable bonds is 6. The number of imidazole rings is 1. The van der Waals surface area contributed by atoms with E-state index in [1.54, 1.807) is 18.6 Å². The number of carboxylic acids is 1. The number of nitrogens with zero attached hydrogens (tertiary/aromatic N) is 5. The van der Waals surface area contributed by atoms with E-state index in [0.29, 0.717) is 24.0 Å². The third-order valence-electron chi connectivity index (χ3n) is 4.29. The van der Waals surface area contributed by atoms with Crippen LogP contribution in [0.25, 0.3) is 11.6 Å². The van der Waals surface area contributed by atoms with Gasteiger partial charge >= 0.3 is 5.97 Å². The van der Waals surface area contributed by atoms with Crippen molar-refractivity contribution in [3.05, 3.63) is 42.4 Å². The smallest absolute Gasteiger partial charge is 0.325 e. The summed E-state index contributed by atoms with van der Waals surface area (Å²) in [5, 5.41) is 13.6. The summed E-state index contributed by atoms with van der Waals surface area (Å²) in [6.45, 7) is 2.34. The van der Waals surface area contributed by atoms with Crippen molar-refractivity contribution < 1.29 is 14.3 Å². The van der Waals surface area contributed by atoms with Crippen LogP contribution in [-0.2, 0) is 23.3 Å². The molecule has 8 heteroatoms. The molecule has 0 aliphatic heterocycles. The molecule has 0 aromatic carbocycles. The van der Waals surface area contributed by atoms with Gasteiger partial charge in [0.2, 0.25) is 5.82 Å². The lowest BCUT2D eigenvalue weighted by Gasteiger charge is -2.15. The molecule has 1 saturated carbocycles. The van der Waals surface area contributed by atoms with Crippen molar-refractivity contribution in [1.82, 2.24) is 24.3 Å². The second-order valence-corrected chi connectivity index (χ2v) is 6.24. The fourth-order valence-electron chi connectivity index (χ4n) is 2.96. The van der Waals surface area contributed by atoms with Crippen LogP contribution < -0.4 is 0 Å². The van der Waals surface area contributed by atoms with Crippen LogP contribution in [0.5, 0.6) is 0 Å². The molecule has 0 unspecified atom stereocenters. The summed E-state index contributed by atoms with van der Waals surface area (Å²) in [6, 6.07) is 3.64. The Kier molecular flexibility index (Phi) is 3.26. The maximum Gasteiger partial charge on any atom is 0.325 e. The zero-order chi connectivity index (χ0) is 16.7. The number of aliphatic carboxylic acids is 1. The summed E-state index contributed by atoms with van der Waals surface area (Å²) in [5.74, 6) is 1.50. The summed E-state index contributed by atoms with van der Waals surface area (Å²) in [5.41, 5.74) is -0.191. The molecule has 1 fully saturated rings. The average Bonchev–Trinajstić information content (AvgIpc) is 2.93. The molecule has 1 aliphatic rings. The first-order chi connectivity index (χ1) is 11.6. The molecule has 1 N–H and O–H groups in total. The number of hydrogen-bond acceptors (Lipinski definition) is 5. The second-order valence-electron chi connectivity index (χ2n) is 6.24. The Morgan fingerprint density at radius 2 is 2.25 bits per heavy atom. The maximum absolute atomic E-state index is 11.2. The van der Waals surface area contributed by atoms with Gasteiger partial charge in [-0.05, 0) is 31.9 Å². The number of aromatic nitrogens is 5. The van der Waals surface area contributed by atoms with Crippen molar-refractivity contribution in [3.8, 4) is 11.6 Å². The molecule has 0 radical (unpaired) electrons. The summed E-state index contributed by atoms with van der Waals surface area (Å²) < 4.78 is 9.06. The first kappa shape index (κ1) is 14.7. The second kappa shape index (κ2) is 5.33. The highest BCUT2D eigenvalue weighted by Crippen LogP contribution is 2.49. The number of carbonyl (C=O) groups is 1. The fourth-order valence-corrected chi connectivity index (χ4v) is 2.96. The molecular formula is C16H17N5O3. The molecule has 8 nitrogen and oxygen atoms in total. The first-order valence-electron chi connectivity index (χ1n) is 7.75. The van der Waals surface area contributed by atoms with Gasteiger partial charge in [-0.15, -0.1) is 5.10 Å². The Morgan fingerprint density at radius 3 is 2.83 bits per heavy atom. The third kappa shape index (κ3) is 2.60. The van der Waals surface area contributed by atoms with E-state index in [1.165, 1.54) is 4.68 Å². The standard InChI is InChI=1S/C16H17N5O3/c1-11-2-3-12(24-11)14-18-15(21(19-14)8-13(22)23)16(4-5-16)9-20-7-6-17-10-20/h2-3,6-7,10H,4-5,8-9H2,1H3,(H,22,23). The Hall–Kier alpha value is -2.90. The minimum atomic E-state index is -0.943. The SMILES string of the molecule is Cc1ccc(-c2nc(C3(Cn4ccnc4)CC3)n(CC(=O)O)n2)o1. The zero-order valence-corrected chi connectivity index (χ0v) is 13.2. The Morgan fingerprint density at radius 1 is 1.42 bits per heavy atom. The fraction of sp³-hybridized carbons (Fsp3) is 0.375. The largest absolute Gasteiger partial charge is 0.480 e. The van der Waals surface area contributed by atoms with E-state index in [-0.39, 0.29) is 12.0 Å². The van der Waals surface area contributed by atoms with Gasteiger partial charge < -0.3 is 14.1 Å². The van der Waals surface area contributed by atoms with Crippen LogP contribution in [0, 0.1) is 6.92 Å². The van der Waals surface area contributed by atoms with Crippen molar-refractivity contribution in [2.24, 2.45) is 0 Å². The van der Waals surface area contributed by atoms with Crippen molar-refractivity contribution in [2.75, 3.05) is 0 Å². The topological polar surface area (TPSA) is 99.0 Å². The zero-order valence-electron chi connectivity index (χ0n) is 13.2. The van der Waals surface area contributed by atoms with E-state index in [1.807, 2.05) is 23.8 Å². The Labute approximate surface area is 137 Å². The quantitative estimate of drug-likeness (QED) is 0.742. The number of hydrogen-bond donors (Lipinski definition) is 1. The molecule has 0 spiro atoms. The number of carboxylic acid groups (broad SMARTS) is 1. The first-order valence-corrected chi connectivity index (χ1v) is 7.75. The van der Waals surface area contributed by atoms with E-state index >= 15 is 0 Å². The highest BCUT2D eigenvalue weighted by atomic mass is 16.4. The molecule has 24 heavy (non-hydrogen) atoms. The van der Waals surface area contributed by atoms with Gasteiger partial charge in [-0.3, -0.25) is 4.79 Å². The van der Waals surface area contributed by atoms with Crippen LogP contribution in [-0.4, -0.2) is 35.4 Å². The molecule has 4 rings (SSSR count). The molecule has 3 heterocycles. The van der Waals surface area contributed by atoms with Crippen LogP contribution in [0.15, 0.2) is 35.3 Å². The lowest BCUT2D eigenvalue weighted by Crippen LogP contribution is -2.23. The normalized spacial score (nSPS) is 15.5. The molecule has 0 saturated heterocycles. The van der Waals surface area contributed by atoms with E-state index in [0.717, 1.165) is 18.6 Å². The van der Waals surface area contributed by atoms with E-state index in [9.17, 15) is 9.90 Å². The highest BCUT2D eigenvalue weighted by Gasteiger charge is 2.49. The maximum atomic E-state index is 11.2. The molecule has 3 aromatic heterocycles. The summed E-state index contributed by atoms with van der Waals surface area (Å²) in [6.07, 6.45) is 7.28. The van der Waals surface area contributed by atoms with Crippen molar-refractivity contribution in [3.63, 3.8) is 0 Å². The van der Waals surface area contributed by atoms with Crippen LogP contribution >= 0.6 is 0 Å². The molecule has 124 valence electrons. The van der Waals surface area contributed by atoms with E-state index in [2.05, 4.69) is 15.1 Å². The van der Waals surface area contributed by atoms with Gasteiger partial charge in [-0.2, -0.15) is 0 Å². The van der Waals surface area contributed by atoms with Crippen molar-refractivity contribution in [2.45, 2.75) is 38.3 Å². The number of aryl methyl sites for hydroxylation is 1. The number of furan rings is 1. The monoisotopic (exact) mass is 327 g/mol. The Balaban J connectivity index is 1.73. The molecule has 0 amide bonds. The van der Waals surface area contributed by atoms with E-state index < -0.39 is 5.97 Å². The lowest BCUT2D eigenvalue weighted by atomic mass is 10.1. The predicted molar refractivity (Wildman–Crippen MR) is 83.2 cm³/mol. The van der Waals surface area contributed by atoms with Gasteiger partial charge in [0.15, 0.2) is 5.76 Å². The van der Waals surface area contributed by atoms with Crippen molar-refractivity contribution >= 4 is 5.97 Å². The summed E-state index contributed by atoms with van der Waals surface area (Å²) in [4.78, 5) is 19.9. The lowest BCUT2D eigenvalue weighted by molar-refractivity contribution is -0.137. The van der Waals surface area contributed by atoms with Gasteiger partial charge in [-0.25, -0.2) is 14.6 Å². The van der Waals surface area contributed by atoms with Crippen LogP contribution in [0.4, 0.5) is 0 Å². The molecule has 0 bridgehead atoms. The van der Waals surface area contributed by atoms with Crippen LogP contribution in [0.2, 0.25) is 0 Å². The minimum absolute atomic E-state index is 0.191. The summed E-state index contributed by atoms with van der Waals surface area (Å²) >= 11 is 0. The van der Waals surface area contributed by atoms with Gasteiger partial charge in [0.25, 0.3) is 0 Å². The van der Waals surface area contributed by atoms with Gasteiger partial charge in [0.1, 0.15) is 18.1 Å². The van der Waals surface area contributed by atoms with E-state index in [4.69, 9.17) is 4.42 Å². The molecular weight excluding hydrogens is 310 g/mol. The van der Waals surface area contributed by atoms with Crippen molar-refractivity contribution in [1.29, 1.82) is 0 Å².